The fourth-order valence-electron chi connectivity index (χ4n) is 2.85. The smallest absolute Gasteiger partial charge is 0.123 e. The van der Waals surface area contributed by atoms with Gasteiger partial charge in [0.1, 0.15) is 5.82 Å². The van der Waals surface area contributed by atoms with Crippen LogP contribution in [0.4, 0.5) is 4.39 Å². The van der Waals surface area contributed by atoms with Gasteiger partial charge in [0.15, 0.2) is 0 Å². The molecule has 1 unspecified atom stereocenters. The Morgan fingerprint density at radius 3 is 2.84 bits per heavy atom. The molecule has 1 nitrogen and oxygen atoms in total. The first-order valence-electron chi connectivity index (χ1n) is 6.33. The summed E-state index contributed by atoms with van der Waals surface area (Å²) in [4.78, 5) is 0. The first kappa shape index (κ1) is 12.8. The molecule has 3 rings (SSSR count). The number of rotatable bonds is 2. The van der Waals surface area contributed by atoms with Crippen LogP contribution in [0.2, 0.25) is 0 Å². The molecule has 1 aliphatic rings. The topological polar surface area (TPSA) is 20.2 Å². The number of aliphatic hydroxyl groups is 1. The van der Waals surface area contributed by atoms with Crippen molar-refractivity contribution in [3.05, 3.63) is 69.4 Å². The van der Waals surface area contributed by atoms with Gasteiger partial charge in [-0.3, -0.25) is 0 Å². The van der Waals surface area contributed by atoms with E-state index in [1.165, 1.54) is 17.7 Å². The maximum absolute atomic E-state index is 13.3. The standard InChI is InChI=1S/C16H14BrFO/c17-15-6-5-13(18)9-12(15)10-16(19)8-7-11-3-1-2-4-14(11)16/h1-6,9,19H,7-8,10H2. The Kier molecular flexibility index (Phi) is 3.19. The second kappa shape index (κ2) is 4.73. The minimum Gasteiger partial charge on any atom is -0.385 e. The van der Waals surface area contributed by atoms with Crippen molar-refractivity contribution in [2.45, 2.75) is 24.9 Å². The highest BCUT2D eigenvalue weighted by Gasteiger charge is 2.36. The normalized spacial score (nSPS) is 21.4. The van der Waals surface area contributed by atoms with Crippen LogP contribution < -0.4 is 0 Å². The zero-order chi connectivity index (χ0) is 13.5. The van der Waals surface area contributed by atoms with Gasteiger partial charge in [0.2, 0.25) is 0 Å². The Morgan fingerprint density at radius 1 is 1.21 bits per heavy atom. The van der Waals surface area contributed by atoms with Gasteiger partial charge in [-0.25, -0.2) is 4.39 Å². The first-order valence-corrected chi connectivity index (χ1v) is 7.12. The molecule has 0 radical (unpaired) electrons. The van der Waals surface area contributed by atoms with E-state index in [2.05, 4.69) is 15.9 Å². The van der Waals surface area contributed by atoms with Crippen LogP contribution in [0.25, 0.3) is 0 Å². The molecule has 1 atom stereocenters. The summed E-state index contributed by atoms with van der Waals surface area (Å²) in [6.07, 6.45) is 2.00. The van der Waals surface area contributed by atoms with E-state index >= 15 is 0 Å². The minimum atomic E-state index is -0.882. The molecule has 2 aromatic carbocycles. The SMILES string of the molecule is OC1(Cc2cc(F)ccc2Br)CCc2ccccc21. The molecule has 1 aliphatic carbocycles. The highest BCUT2D eigenvalue weighted by atomic mass is 79.9. The molecule has 3 heteroatoms. The lowest BCUT2D eigenvalue weighted by Gasteiger charge is -2.24. The summed E-state index contributed by atoms with van der Waals surface area (Å²) in [5.74, 6) is -0.270. The fraction of sp³-hybridized carbons (Fsp3) is 0.250. The third kappa shape index (κ3) is 2.33. The van der Waals surface area contributed by atoms with Crippen LogP contribution in [0.15, 0.2) is 46.9 Å². The number of hydrogen-bond acceptors (Lipinski definition) is 1. The third-order valence-corrected chi connectivity index (χ3v) is 4.59. The molecule has 2 aromatic rings. The molecule has 0 aromatic heterocycles. The lowest BCUT2D eigenvalue weighted by Crippen LogP contribution is -2.25. The van der Waals surface area contributed by atoms with Gasteiger partial charge in [0.05, 0.1) is 5.60 Å². The molecule has 0 saturated carbocycles. The summed E-state index contributed by atoms with van der Waals surface area (Å²) >= 11 is 3.42. The molecule has 98 valence electrons. The van der Waals surface area contributed by atoms with Gasteiger partial charge in [0, 0.05) is 10.9 Å². The van der Waals surface area contributed by atoms with Crippen molar-refractivity contribution >= 4 is 15.9 Å². The van der Waals surface area contributed by atoms with Gasteiger partial charge in [-0.2, -0.15) is 0 Å². The van der Waals surface area contributed by atoms with Crippen LogP contribution in [0.3, 0.4) is 0 Å². The predicted octanol–water partition coefficient (Wildman–Crippen LogP) is 3.96. The summed E-state index contributed by atoms with van der Waals surface area (Å²) in [6, 6.07) is 12.5. The van der Waals surface area contributed by atoms with E-state index in [-0.39, 0.29) is 5.82 Å². The largest absolute Gasteiger partial charge is 0.385 e. The number of benzene rings is 2. The van der Waals surface area contributed by atoms with E-state index in [4.69, 9.17) is 0 Å². The average Bonchev–Trinajstić information content (AvgIpc) is 2.73. The molecule has 1 N–H and O–H groups in total. The Balaban J connectivity index is 1.98. The summed E-state index contributed by atoms with van der Waals surface area (Å²) in [5.41, 5.74) is 2.09. The van der Waals surface area contributed by atoms with Crippen molar-refractivity contribution in [2.24, 2.45) is 0 Å². The molecule has 0 saturated heterocycles. The first-order chi connectivity index (χ1) is 9.08. The van der Waals surface area contributed by atoms with Crippen LogP contribution >= 0.6 is 15.9 Å². The summed E-state index contributed by atoms with van der Waals surface area (Å²) in [5, 5.41) is 10.9. The third-order valence-electron chi connectivity index (χ3n) is 3.82. The Morgan fingerprint density at radius 2 is 2.00 bits per heavy atom. The molecule has 0 amide bonds. The Bertz CT molecular complexity index is 626. The second-order valence-corrected chi connectivity index (χ2v) is 5.96. The van der Waals surface area contributed by atoms with Crippen molar-refractivity contribution < 1.29 is 9.50 Å². The molecule has 0 aliphatic heterocycles. The van der Waals surface area contributed by atoms with Gasteiger partial charge in [-0.15, -0.1) is 0 Å². The molecule has 0 heterocycles. The van der Waals surface area contributed by atoms with Crippen molar-refractivity contribution in [1.82, 2.24) is 0 Å². The van der Waals surface area contributed by atoms with Crippen LogP contribution in [0.1, 0.15) is 23.1 Å². The molecular weight excluding hydrogens is 307 g/mol. The number of hydrogen-bond donors (Lipinski definition) is 1. The second-order valence-electron chi connectivity index (χ2n) is 5.10. The quantitative estimate of drug-likeness (QED) is 0.887. The molecule has 0 spiro atoms. The molecule has 19 heavy (non-hydrogen) atoms. The van der Waals surface area contributed by atoms with Gasteiger partial charge in [-0.1, -0.05) is 40.2 Å². The maximum atomic E-state index is 13.3. The van der Waals surface area contributed by atoms with Crippen LogP contribution in [-0.2, 0) is 18.4 Å². The van der Waals surface area contributed by atoms with Crippen molar-refractivity contribution in [3.63, 3.8) is 0 Å². The molecular formula is C16H14BrFO. The average molecular weight is 321 g/mol. The lowest BCUT2D eigenvalue weighted by atomic mass is 9.89. The Labute approximate surface area is 120 Å². The zero-order valence-electron chi connectivity index (χ0n) is 10.4. The van der Waals surface area contributed by atoms with Gasteiger partial charge in [-0.05, 0) is 47.7 Å². The number of fused-ring (bicyclic) bond motifs is 1. The van der Waals surface area contributed by atoms with Gasteiger partial charge >= 0.3 is 0 Å². The number of halogens is 2. The van der Waals surface area contributed by atoms with E-state index in [9.17, 15) is 9.50 Å². The monoisotopic (exact) mass is 320 g/mol. The number of aryl methyl sites for hydroxylation is 1. The van der Waals surface area contributed by atoms with Crippen molar-refractivity contribution in [2.75, 3.05) is 0 Å². The van der Waals surface area contributed by atoms with Gasteiger partial charge < -0.3 is 5.11 Å². The lowest BCUT2D eigenvalue weighted by molar-refractivity contribution is 0.0387. The van der Waals surface area contributed by atoms with E-state index < -0.39 is 5.60 Å². The molecule has 0 bridgehead atoms. The highest BCUT2D eigenvalue weighted by Crippen LogP contribution is 2.40. The maximum Gasteiger partial charge on any atom is 0.123 e. The van der Waals surface area contributed by atoms with E-state index in [0.29, 0.717) is 12.8 Å². The van der Waals surface area contributed by atoms with Crippen LogP contribution in [0, 0.1) is 5.82 Å². The van der Waals surface area contributed by atoms with Crippen LogP contribution in [-0.4, -0.2) is 5.11 Å². The fourth-order valence-corrected chi connectivity index (χ4v) is 3.23. The van der Waals surface area contributed by atoms with Crippen molar-refractivity contribution in [1.29, 1.82) is 0 Å². The van der Waals surface area contributed by atoms with E-state index in [1.807, 2.05) is 24.3 Å². The van der Waals surface area contributed by atoms with Crippen LogP contribution in [0.5, 0.6) is 0 Å². The summed E-state index contributed by atoms with van der Waals surface area (Å²) in [7, 11) is 0. The minimum absolute atomic E-state index is 0.270. The van der Waals surface area contributed by atoms with Gasteiger partial charge in [0.25, 0.3) is 0 Å². The summed E-state index contributed by atoms with van der Waals surface area (Å²) in [6.45, 7) is 0. The molecule has 0 fully saturated rings. The van der Waals surface area contributed by atoms with E-state index in [1.54, 1.807) is 6.07 Å². The Hall–Kier alpha value is -1.19. The zero-order valence-corrected chi connectivity index (χ0v) is 12.0. The van der Waals surface area contributed by atoms with E-state index in [0.717, 1.165) is 22.0 Å². The highest BCUT2D eigenvalue weighted by molar-refractivity contribution is 9.10. The predicted molar refractivity (Wildman–Crippen MR) is 76.5 cm³/mol. The summed E-state index contributed by atoms with van der Waals surface area (Å²) < 4.78 is 14.2. The van der Waals surface area contributed by atoms with Crippen molar-refractivity contribution in [3.8, 4) is 0 Å².